The Morgan fingerprint density at radius 1 is 1.37 bits per heavy atom. The highest BCUT2D eigenvalue weighted by Gasteiger charge is 2.47. The first-order valence-corrected chi connectivity index (χ1v) is 8.91. The van der Waals surface area contributed by atoms with Crippen LogP contribution in [0.25, 0.3) is 0 Å². The molecule has 3 nitrogen and oxygen atoms in total. The summed E-state index contributed by atoms with van der Waals surface area (Å²) in [5, 5.41) is 0.369. The normalized spacial score (nSPS) is 30.6. The molecule has 2 aliphatic carbocycles. The smallest absolute Gasteiger partial charge is 0.306 e. The zero-order valence-corrected chi connectivity index (χ0v) is 13.0. The number of rotatable bonds is 6. The largest absolute Gasteiger partial charge is 0.469 e. The van der Waals surface area contributed by atoms with E-state index in [4.69, 9.17) is 4.74 Å². The second kappa shape index (κ2) is 6.38. The standard InChI is InChI=1S/C15H26O3S/c1-3-12-5-4-6-13(9-12)19(17)11-15(7-8-15)10-14(16)18-2/h12-13H,3-11H2,1-2H3. The van der Waals surface area contributed by atoms with Gasteiger partial charge in [-0.05, 0) is 37.0 Å². The molecule has 3 atom stereocenters. The van der Waals surface area contributed by atoms with Crippen LogP contribution in [0.5, 0.6) is 0 Å². The molecule has 2 aliphatic rings. The summed E-state index contributed by atoms with van der Waals surface area (Å²) in [6.45, 7) is 2.23. The molecule has 19 heavy (non-hydrogen) atoms. The van der Waals surface area contributed by atoms with Crippen LogP contribution >= 0.6 is 0 Å². The average molecular weight is 286 g/mol. The third kappa shape index (κ3) is 4.04. The minimum atomic E-state index is -0.762. The fourth-order valence-corrected chi connectivity index (χ4v) is 5.34. The lowest BCUT2D eigenvalue weighted by Gasteiger charge is -2.29. The molecular weight excluding hydrogens is 260 g/mol. The van der Waals surface area contributed by atoms with E-state index in [1.165, 1.54) is 26.4 Å². The number of methoxy groups -OCH3 is 1. The van der Waals surface area contributed by atoms with Crippen molar-refractivity contribution in [2.24, 2.45) is 11.3 Å². The van der Waals surface area contributed by atoms with Gasteiger partial charge in [-0.1, -0.05) is 26.2 Å². The number of hydrogen-bond donors (Lipinski definition) is 0. The summed E-state index contributed by atoms with van der Waals surface area (Å²) < 4.78 is 17.3. The van der Waals surface area contributed by atoms with E-state index in [1.807, 2.05) is 0 Å². The van der Waals surface area contributed by atoms with Crippen molar-refractivity contribution >= 4 is 16.8 Å². The van der Waals surface area contributed by atoms with Crippen LogP contribution in [-0.2, 0) is 20.3 Å². The molecule has 3 unspecified atom stereocenters. The van der Waals surface area contributed by atoms with Gasteiger partial charge in [-0.15, -0.1) is 0 Å². The molecule has 0 aromatic rings. The van der Waals surface area contributed by atoms with Crippen molar-refractivity contribution < 1.29 is 13.7 Å². The fourth-order valence-electron chi connectivity index (χ4n) is 3.20. The lowest BCUT2D eigenvalue weighted by atomic mass is 9.87. The molecule has 4 heteroatoms. The number of ether oxygens (including phenoxy) is 1. The Morgan fingerprint density at radius 3 is 2.68 bits per heavy atom. The molecular formula is C15H26O3S. The van der Waals surface area contributed by atoms with E-state index in [2.05, 4.69) is 6.92 Å². The Labute approximate surface area is 118 Å². The minimum Gasteiger partial charge on any atom is -0.469 e. The van der Waals surface area contributed by atoms with Crippen LogP contribution in [0.3, 0.4) is 0 Å². The van der Waals surface area contributed by atoms with Crippen LogP contribution in [0, 0.1) is 11.3 Å². The predicted molar refractivity (Wildman–Crippen MR) is 77.3 cm³/mol. The second-order valence-corrected chi connectivity index (χ2v) is 8.06. The predicted octanol–water partition coefficient (Wildman–Crippen LogP) is 3.05. The number of esters is 1. The van der Waals surface area contributed by atoms with Crippen molar-refractivity contribution in [2.75, 3.05) is 12.9 Å². The van der Waals surface area contributed by atoms with E-state index in [1.54, 1.807) is 0 Å². The van der Waals surface area contributed by atoms with E-state index < -0.39 is 10.8 Å². The Balaban J connectivity index is 1.85. The Bertz CT molecular complexity index is 349. The summed E-state index contributed by atoms with van der Waals surface area (Å²) in [7, 11) is 0.671. The number of carbonyl (C=O) groups is 1. The fraction of sp³-hybridized carbons (Fsp3) is 0.933. The Hall–Kier alpha value is -0.380. The summed E-state index contributed by atoms with van der Waals surface area (Å²) in [6.07, 6.45) is 8.50. The molecule has 0 spiro atoms. The van der Waals surface area contributed by atoms with Gasteiger partial charge in [-0.25, -0.2) is 0 Å². The zero-order valence-electron chi connectivity index (χ0n) is 12.2. The molecule has 2 rings (SSSR count). The van der Waals surface area contributed by atoms with E-state index >= 15 is 0 Å². The van der Waals surface area contributed by atoms with Crippen LogP contribution in [-0.4, -0.2) is 28.3 Å². The number of carbonyl (C=O) groups excluding carboxylic acids is 1. The van der Waals surface area contributed by atoms with Gasteiger partial charge in [0.05, 0.1) is 13.5 Å². The first kappa shape index (κ1) is 15.0. The Kier molecular flexibility index (Phi) is 5.04. The van der Waals surface area contributed by atoms with Crippen LogP contribution in [0.15, 0.2) is 0 Å². The maximum absolute atomic E-state index is 12.5. The molecule has 110 valence electrons. The summed E-state index contributed by atoms with van der Waals surface area (Å²) >= 11 is 0. The van der Waals surface area contributed by atoms with Crippen molar-refractivity contribution in [1.82, 2.24) is 0 Å². The van der Waals surface area contributed by atoms with Crippen molar-refractivity contribution in [3.05, 3.63) is 0 Å². The van der Waals surface area contributed by atoms with Gasteiger partial charge in [-0.2, -0.15) is 0 Å². The van der Waals surface area contributed by atoms with Crippen LogP contribution < -0.4 is 0 Å². The third-order valence-corrected chi connectivity index (χ3v) is 6.91. The van der Waals surface area contributed by atoms with Crippen LogP contribution in [0.4, 0.5) is 0 Å². The average Bonchev–Trinajstić information content (AvgIpc) is 3.17. The molecule has 2 saturated carbocycles. The zero-order chi connectivity index (χ0) is 13.9. The Morgan fingerprint density at radius 2 is 2.11 bits per heavy atom. The van der Waals surface area contributed by atoms with Gasteiger partial charge in [0.1, 0.15) is 0 Å². The van der Waals surface area contributed by atoms with Crippen molar-refractivity contribution in [3.8, 4) is 0 Å². The van der Waals surface area contributed by atoms with Gasteiger partial charge in [0.25, 0.3) is 0 Å². The topological polar surface area (TPSA) is 43.4 Å². The second-order valence-electron chi connectivity index (χ2n) is 6.34. The summed E-state index contributed by atoms with van der Waals surface area (Å²) in [6, 6.07) is 0. The molecule has 2 fully saturated rings. The molecule has 0 aliphatic heterocycles. The molecule has 0 heterocycles. The van der Waals surface area contributed by atoms with E-state index in [0.717, 1.165) is 31.6 Å². The lowest BCUT2D eigenvalue weighted by Crippen LogP contribution is -2.29. The van der Waals surface area contributed by atoms with Crippen LogP contribution in [0.1, 0.15) is 58.3 Å². The van der Waals surface area contributed by atoms with E-state index in [0.29, 0.717) is 17.4 Å². The maximum atomic E-state index is 12.5. The first-order valence-electron chi connectivity index (χ1n) is 7.52. The monoisotopic (exact) mass is 286 g/mol. The van der Waals surface area contributed by atoms with Gasteiger partial charge >= 0.3 is 5.97 Å². The third-order valence-electron chi connectivity index (χ3n) is 4.84. The van der Waals surface area contributed by atoms with Crippen LogP contribution in [0.2, 0.25) is 0 Å². The lowest BCUT2D eigenvalue weighted by molar-refractivity contribution is -0.141. The highest BCUT2D eigenvalue weighted by molar-refractivity contribution is 7.85. The summed E-state index contributed by atoms with van der Waals surface area (Å²) in [5.74, 6) is 1.33. The minimum absolute atomic E-state index is 0.0110. The SMILES string of the molecule is CCC1CCCC(S(=O)CC2(CC(=O)OC)CC2)C1. The molecule has 0 amide bonds. The van der Waals surface area contributed by atoms with Crippen molar-refractivity contribution in [1.29, 1.82) is 0 Å². The van der Waals surface area contributed by atoms with E-state index in [9.17, 15) is 9.00 Å². The molecule has 0 saturated heterocycles. The van der Waals surface area contributed by atoms with Gasteiger partial charge < -0.3 is 4.74 Å². The quantitative estimate of drug-likeness (QED) is 0.705. The highest BCUT2D eigenvalue weighted by atomic mass is 32.2. The van der Waals surface area contributed by atoms with Gasteiger partial charge in [0.15, 0.2) is 0 Å². The van der Waals surface area contributed by atoms with Crippen molar-refractivity contribution in [3.63, 3.8) is 0 Å². The van der Waals surface area contributed by atoms with Crippen molar-refractivity contribution in [2.45, 2.75) is 63.5 Å². The number of hydrogen-bond acceptors (Lipinski definition) is 3. The van der Waals surface area contributed by atoms with Gasteiger partial charge in [0, 0.05) is 21.8 Å². The molecule has 0 aromatic heterocycles. The van der Waals surface area contributed by atoms with Gasteiger partial charge in [0.2, 0.25) is 0 Å². The van der Waals surface area contributed by atoms with E-state index in [-0.39, 0.29) is 11.4 Å². The van der Waals surface area contributed by atoms with Gasteiger partial charge in [-0.3, -0.25) is 9.00 Å². The maximum Gasteiger partial charge on any atom is 0.306 e. The molecule has 0 bridgehead atoms. The summed E-state index contributed by atoms with van der Waals surface area (Å²) in [5.41, 5.74) is 0.0110. The molecule has 0 radical (unpaired) electrons. The summed E-state index contributed by atoms with van der Waals surface area (Å²) in [4.78, 5) is 11.4. The first-order chi connectivity index (χ1) is 9.08. The molecule has 0 aromatic carbocycles. The highest BCUT2D eigenvalue weighted by Crippen LogP contribution is 2.50. The molecule has 0 N–H and O–H groups in total.